The van der Waals surface area contributed by atoms with Crippen molar-refractivity contribution in [2.24, 2.45) is 0 Å². The molecule has 26 nitrogen and oxygen atoms in total. The molecule has 0 radical (unpaired) electrons. The lowest BCUT2D eigenvalue weighted by molar-refractivity contribution is -0.410. The molecule has 0 bridgehead atoms. The molecular weight excluding hydrogens is 860 g/mol. The maximum atomic E-state index is 11.7. The predicted molar refractivity (Wildman–Crippen MR) is 198 cm³/mol. The van der Waals surface area contributed by atoms with Gasteiger partial charge in [-0.2, -0.15) is 0 Å². The Bertz CT molecular complexity index is 1380. The lowest BCUT2D eigenvalue weighted by atomic mass is 9.95. The van der Waals surface area contributed by atoms with Gasteiger partial charge in [0.25, 0.3) is 0 Å². The van der Waals surface area contributed by atoms with Crippen molar-refractivity contribution in [2.45, 2.75) is 193 Å². The number of hydrogen-bond acceptors (Lipinski definition) is 26. The Morgan fingerprint density at radius 1 is 0.444 bits per heavy atom. The first-order valence-electron chi connectivity index (χ1n) is 20.8. The zero-order valence-electron chi connectivity index (χ0n) is 34.8. The van der Waals surface area contributed by atoms with Crippen molar-refractivity contribution < 1.29 is 128 Å². The second-order valence-electron chi connectivity index (χ2n) is 16.2. The van der Waals surface area contributed by atoms with Gasteiger partial charge in [0, 0.05) is 13.0 Å². The number of carbonyl (C=O) groups excluding carboxylic acids is 1. The maximum Gasteiger partial charge on any atom is 0.305 e. The first-order valence-corrected chi connectivity index (χ1v) is 20.8. The lowest BCUT2D eigenvalue weighted by Crippen LogP contribution is -2.69. The molecule has 0 aromatic rings. The molecule has 63 heavy (non-hydrogen) atoms. The highest BCUT2D eigenvalue weighted by Crippen LogP contribution is 2.37. The zero-order valence-corrected chi connectivity index (χ0v) is 34.8. The quantitative estimate of drug-likeness (QED) is 0.0448. The number of carbonyl (C=O) groups is 1. The predicted octanol–water partition coefficient (Wildman–Crippen LogP) is -8.11. The molecule has 5 aliphatic heterocycles. The van der Waals surface area contributed by atoms with Crippen molar-refractivity contribution in [2.75, 3.05) is 33.5 Å². The van der Waals surface area contributed by atoms with Crippen LogP contribution in [-0.2, 0) is 56.9 Å². The van der Waals surface area contributed by atoms with Crippen LogP contribution in [0.5, 0.6) is 0 Å². The minimum Gasteiger partial charge on any atom is -0.469 e. The van der Waals surface area contributed by atoms with E-state index in [0.717, 1.165) is 0 Å². The fraction of sp³-hybridized carbons (Fsp3) is 0.973. The van der Waals surface area contributed by atoms with Crippen LogP contribution in [0.2, 0.25) is 0 Å². The van der Waals surface area contributed by atoms with Crippen molar-refractivity contribution in [1.82, 2.24) is 0 Å². The minimum absolute atomic E-state index is 0.0935. The summed E-state index contributed by atoms with van der Waals surface area (Å²) < 4.78 is 64.4. The molecule has 0 amide bonds. The number of methoxy groups -OCH3 is 1. The van der Waals surface area contributed by atoms with Crippen LogP contribution in [0.4, 0.5) is 0 Å². The van der Waals surface area contributed by atoms with Crippen molar-refractivity contribution in [1.29, 1.82) is 0 Å². The SMILES string of the molecule is COC(=O)CCCCCO[C@@H]1O[C@H](CO[C@H]2O[C@H](CO)[C@H](O)[C@H](O)[C@H]2O)[C@H](O[C@@H]2O[C@@H](C)[C@@H](O)[C@@H](O)[C@@H]2O)[C@H](O[C@H]2O[C@H](CO)[C@H](O)[C@H](O)[C@H]2O)[C@H]1O[C@@H]1O[C@@H](C)[C@@H](O)[C@@H](O)[C@@H]1O. The van der Waals surface area contributed by atoms with E-state index in [1.54, 1.807) is 0 Å². The van der Waals surface area contributed by atoms with Crippen LogP contribution in [0, 0.1) is 0 Å². The van der Waals surface area contributed by atoms with Crippen LogP contribution < -0.4 is 0 Å². The molecule has 0 spiro atoms. The van der Waals surface area contributed by atoms with E-state index in [4.69, 9.17) is 47.4 Å². The summed E-state index contributed by atoms with van der Waals surface area (Å²) in [7, 11) is 1.24. The standard InChI is InChI=1S/C37H64O26/c1-12-18(41)22(45)27(50)34(56-12)61-30-16(11-55-33-26(49)24(47)20(43)14(9-38)58-33)60-37(54-8-6-4-5-7-17(40)53-3)32(63-35-28(51)23(46)19(42)13(2)57-35)31(30)62-36-29(52)25(48)21(44)15(10-39)59-36/h12-16,18-39,41-52H,4-11H2,1-3H3/t12-,13-,14+,15+,16+,18+,19+,20-,21-,22+,23+,24-,25-,26+,27-,28-,29+,30-,31-,32+,33-,34-,35-,36+,37+/m0/s1. The molecular formula is C37H64O26. The highest BCUT2D eigenvalue weighted by Gasteiger charge is 2.57. The van der Waals surface area contributed by atoms with Crippen LogP contribution in [-0.4, -0.2) is 265 Å². The summed E-state index contributed by atoms with van der Waals surface area (Å²) in [4.78, 5) is 11.7. The average Bonchev–Trinajstić information content (AvgIpc) is 3.27. The summed E-state index contributed by atoms with van der Waals surface area (Å²) in [5.41, 5.74) is 0. The molecule has 0 unspecified atom stereocenters. The lowest BCUT2D eigenvalue weighted by Gasteiger charge is -2.51. The van der Waals surface area contributed by atoms with Gasteiger partial charge in [-0.25, -0.2) is 0 Å². The highest BCUT2D eigenvalue weighted by molar-refractivity contribution is 5.68. The molecule has 5 rings (SSSR count). The number of rotatable bonds is 18. The third-order valence-electron chi connectivity index (χ3n) is 11.7. The fourth-order valence-electron chi connectivity index (χ4n) is 7.75. The molecule has 14 N–H and O–H groups in total. The number of hydrogen-bond donors (Lipinski definition) is 14. The zero-order chi connectivity index (χ0) is 46.4. The highest BCUT2D eigenvalue weighted by atomic mass is 16.8. The van der Waals surface area contributed by atoms with E-state index >= 15 is 0 Å². The Labute approximate surface area is 360 Å². The molecule has 5 heterocycles. The molecule has 368 valence electrons. The van der Waals surface area contributed by atoms with Gasteiger partial charge in [-0.05, 0) is 26.7 Å². The minimum atomic E-state index is -2.08. The van der Waals surface area contributed by atoms with Gasteiger partial charge in [0.05, 0.1) is 39.1 Å². The average molecular weight is 925 g/mol. The molecule has 26 heteroatoms. The Hall–Kier alpha value is -1.49. The molecule has 5 aliphatic rings. The smallest absolute Gasteiger partial charge is 0.305 e. The molecule has 25 atom stereocenters. The van der Waals surface area contributed by atoms with E-state index in [1.165, 1.54) is 21.0 Å². The number of ether oxygens (including phenoxy) is 11. The van der Waals surface area contributed by atoms with Crippen molar-refractivity contribution in [3.63, 3.8) is 0 Å². The van der Waals surface area contributed by atoms with Crippen LogP contribution in [0.25, 0.3) is 0 Å². The van der Waals surface area contributed by atoms with Gasteiger partial charge >= 0.3 is 5.97 Å². The largest absolute Gasteiger partial charge is 0.469 e. The monoisotopic (exact) mass is 924 g/mol. The van der Waals surface area contributed by atoms with E-state index in [-0.39, 0.29) is 19.4 Å². The number of unbranched alkanes of at least 4 members (excludes halogenated alkanes) is 2. The number of aliphatic hydroxyl groups excluding tert-OH is 14. The van der Waals surface area contributed by atoms with Gasteiger partial charge in [-0.3, -0.25) is 4.79 Å². The van der Waals surface area contributed by atoms with Crippen molar-refractivity contribution in [3.8, 4) is 0 Å². The maximum absolute atomic E-state index is 11.7. The first kappa shape index (κ1) is 52.5. The molecule has 0 aromatic carbocycles. The molecule has 5 saturated heterocycles. The van der Waals surface area contributed by atoms with E-state index in [1.807, 2.05) is 0 Å². The summed E-state index contributed by atoms with van der Waals surface area (Å²) in [6.07, 6.45) is -42.7. The van der Waals surface area contributed by atoms with E-state index < -0.39 is 179 Å². The Morgan fingerprint density at radius 3 is 1.38 bits per heavy atom. The molecule has 5 fully saturated rings. The summed E-state index contributed by atoms with van der Waals surface area (Å²) >= 11 is 0. The van der Waals surface area contributed by atoms with Gasteiger partial charge in [-0.1, -0.05) is 6.42 Å². The van der Waals surface area contributed by atoms with E-state index in [9.17, 15) is 76.3 Å². The van der Waals surface area contributed by atoms with Gasteiger partial charge < -0.3 is 124 Å². The Balaban J connectivity index is 1.57. The van der Waals surface area contributed by atoms with E-state index in [2.05, 4.69) is 4.74 Å². The van der Waals surface area contributed by atoms with Crippen LogP contribution in [0.15, 0.2) is 0 Å². The Kier molecular flexibility index (Phi) is 19.6. The second-order valence-corrected chi connectivity index (χ2v) is 16.2. The van der Waals surface area contributed by atoms with Crippen LogP contribution in [0.3, 0.4) is 0 Å². The molecule has 0 saturated carbocycles. The normalized spacial score (nSPS) is 48.5. The summed E-state index contributed by atoms with van der Waals surface area (Å²) in [6.45, 7) is 0.0836. The molecule has 0 aliphatic carbocycles. The fourth-order valence-corrected chi connectivity index (χ4v) is 7.75. The second kappa shape index (κ2) is 23.5. The van der Waals surface area contributed by atoms with E-state index in [0.29, 0.717) is 12.8 Å². The number of aliphatic hydroxyl groups is 14. The van der Waals surface area contributed by atoms with Gasteiger partial charge in [0.2, 0.25) is 0 Å². The third-order valence-corrected chi connectivity index (χ3v) is 11.7. The molecule has 0 aromatic heterocycles. The van der Waals surface area contributed by atoms with Gasteiger partial charge in [0.15, 0.2) is 31.5 Å². The third kappa shape index (κ3) is 12.2. The number of esters is 1. The first-order chi connectivity index (χ1) is 29.8. The van der Waals surface area contributed by atoms with Crippen LogP contribution in [0.1, 0.15) is 39.5 Å². The summed E-state index contributed by atoms with van der Waals surface area (Å²) in [5.74, 6) is -0.447. The van der Waals surface area contributed by atoms with Crippen molar-refractivity contribution in [3.05, 3.63) is 0 Å². The van der Waals surface area contributed by atoms with Gasteiger partial charge in [0.1, 0.15) is 110 Å². The van der Waals surface area contributed by atoms with Gasteiger partial charge in [-0.15, -0.1) is 0 Å². The summed E-state index contributed by atoms with van der Waals surface area (Å²) in [5, 5.41) is 148. The summed E-state index contributed by atoms with van der Waals surface area (Å²) in [6, 6.07) is 0. The Morgan fingerprint density at radius 2 is 0.873 bits per heavy atom. The van der Waals surface area contributed by atoms with Crippen molar-refractivity contribution >= 4 is 5.97 Å². The van der Waals surface area contributed by atoms with Crippen LogP contribution >= 0.6 is 0 Å². The topological polar surface area (TPSA) is 402 Å².